The summed E-state index contributed by atoms with van der Waals surface area (Å²) in [5.41, 5.74) is 3.16. The number of rotatable bonds is 11. The van der Waals surface area contributed by atoms with E-state index < -0.39 is 28.4 Å². The van der Waals surface area contributed by atoms with Crippen LogP contribution in [0.2, 0.25) is 0 Å². The molecule has 0 bridgehead atoms. The zero-order chi connectivity index (χ0) is 27.0. The number of aromatic carboxylic acids is 1. The minimum absolute atomic E-state index is 0.108. The zero-order valence-electron chi connectivity index (χ0n) is 20.2. The Morgan fingerprint density at radius 3 is 2.14 bits per heavy atom. The molecule has 1 amide bonds. The number of hydrogen-bond acceptors (Lipinski definition) is 8. The van der Waals surface area contributed by atoms with Crippen molar-refractivity contribution in [2.24, 2.45) is 5.10 Å². The van der Waals surface area contributed by atoms with E-state index in [1.54, 1.807) is 12.1 Å². The molecule has 3 aromatic rings. The SMILES string of the molecule is COc1ccc(N(CC(=O)N/N=C\c2ccc(C(=O)O)cc2)S(=O)(=O)c2ccc(OC)c(OC)c2)cc1. The molecule has 0 aliphatic rings. The van der Waals surface area contributed by atoms with Gasteiger partial charge in [0.1, 0.15) is 12.3 Å². The number of hydrogen-bond donors (Lipinski definition) is 2. The molecule has 0 saturated carbocycles. The molecule has 0 spiro atoms. The van der Waals surface area contributed by atoms with Gasteiger partial charge < -0.3 is 19.3 Å². The number of carbonyl (C=O) groups excluding carboxylic acids is 1. The number of methoxy groups -OCH3 is 3. The maximum absolute atomic E-state index is 13.6. The molecular formula is C25H25N3O8S. The molecule has 37 heavy (non-hydrogen) atoms. The Hall–Kier alpha value is -4.58. The molecule has 0 aliphatic heterocycles. The largest absolute Gasteiger partial charge is 0.497 e. The Kier molecular flexibility index (Phi) is 8.69. The van der Waals surface area contributed by atoms with Crippen LogP contribution in [0.15, 0.2) is 76.7 Å². The molecule has 11 nitrogen and oxygen atoms in total. The summed E-state index contributed by atoms with van der Waals surface area (Å²) in [5, 5.41) is 12.8. The fraction of sp³-hybridized carbons (Fsp3) is 0.160. The van der Waals surface area contributed by atoms with Gasteiger partial charge in [-0.1, -0.05) is 12.1 Å². The number of anilines is 1. The fourth-order valence-electron chi connectivity index (χ4n) is 3.22. The number of nitrogens with zero attached hydrogens (tertiary/aromatic N) is 2. The summed E-state index contributed by atoms with van der Waals surface area (Å²) in [5.74, 6) is -0.707. The average Bonchev–Trinajstić information content (AvgIpc) is 2.91. The maximum Gasteiger partial charge on any atom is 0.335 e. The third-order valence-corrected chi connectivity index (χ3v) is 6.92. The summed E-state index contributed by atoms with van der Waals surface area (Å²) >= 11 is 0. The molecule has 0 radical (unpaired) electrons. The third kappa shape index (κ3) is 6.55. The number of sulfonamides is 1. The lowest BCUT2D eigenvalue weighted by Gasteiger charge is -2.24. The van der Waals surface area contributed by atoms with Gasteiger partial charge in [-0.2, -0.15) is 5.10 Å². The number of carboxylic acids is 1. The number of amides is 1. The van der Waals surface area contributed by atoms with E-state index in [-0.39, 0.29) is 21.9 Å². The average molecular weight is 528 g/mol. The number of hydrazone groups is 1. The highest BCUT2D eigenvalue weighted by Gasteiger charge is 2.28. The van der Waals surface area contributed by atoms with E-state index >= 15 is 0 Å². The van der Waals surface area contributed by atoms with Crippen LogP contribution in [-0.4, -0.2) is 59.5 Å². The molecule has 0 aliphatic carbocycles. The molecule has 0 fully saturated rings. The van der Waals surface area contributed by atoms with Crippen LogP contribution in [-0.2, 0) is 14.8 Å². The van der Waals surface area contributed by atoms with Crippen LogP contribution >= 0.6 is 0 Å². The minimum atomic E-state index is -4.23. The number of carbonyl (C=O) groups is 2. The Morgan fingerprint density at radius 1 is 0.919 bits per heavy atom. The monoisotopic (exact) mass is 527 g/mol. The normalized spacial score (nSPS) is 11.1. The van der Waals surface area contributed by atoms with Gasteiger partial charge in [-0.3, -0.25) is 9.10 Å². The summed E-state index contributed by atoms with van der Waals surface area (Å²) in [6.07, 6.45) is 1.31. The van der Waals surface area contributed by atoms with E-state index in [1.807, 2.05) is 0 Å². The van der Waals surface area contributed by atoms with Crippen LogP contribution in [0, 0.1) is 0 Å². The number of carboxylic acid groups (broad SMARTS) is 1. The highest BCUT2D eigenvalue weighted by Crippen LogP contribution is 2.32. The van der Waals surface area contributed by atoms with Gasteiger partial charge in [0, 0.05) is 6.07 Å². The molecule has 3 aromatic carbocycles. The molecule has 0 unspecified atom stereocenters. The van der Waals surface area contributed by atoms with Crippen LogP contribution < -0.4 is 23.9 Å². The molecule has 12 heteroatoms. The second-order valence-electron chi connectivity index (χ2n) is 7.45. The van der Waals surface area contributed by atoms with Crippen molar-refractivity contribution in [2.45, 2.75) is 4.90 Å². The second kappa shape index (κ2) is 11.9. The van der Waals surface area contributed by atoms with Crippen molar-refractivity contribution >= 4 is 33.8 Å². The Balaban J connectivity index is 1.87. The molecule has 0 saturated heterocycles. The van der Waals surface area contributed by atoms with Crippen molar-refractivity contribution in [3.05, 3.63) is 77.9 Å². The second-order valence-corrected chi connectivity index (χ2v) is 9.31. The quantitative estimate of drug-likeness (QED) is 0.286. The molecule has 0 heterocycles. The van der Waals surface area contributed by atoms with Gasteiger partial charge >= 0.3 is 5.97 Å². The lowest BCUT2D eigenvalue weighted by atomic mass is 10.1. The first-order chi connectivity index (χ1) is 17.7. The van der Waals surface area contributed by atoms with E-state index in [2.05, 4.69) is 10.5 Å². The maximum atomic E-state index is 13.6. The lowest BCUT2D eigenvalue weighted by molar-refractivity contribution is -0.119. The highest BCUT2D eigenvalue weighted by molar-refractivity contribution is 7.92. The van der Waals surface area contributed by atoms with Crippen molar-refractivity contribution in [1.29, 1.82) is 0 Å². The van der Waals surface area contributed by atoms with E-state index in [9.17, 15) is 18.0 Å². The summed E-state index contributed by atoms with van der Waals surface area (Å²) in [4.78, 5) is 23.5. The lowest BCUT2D eigenvalue weighted by Crippen LogP contribution is -2.39. The number of benzene rings is 3. The van der Waals surface area contributed by atoms with Gasteiger partial charge in [0.15, 0.2) is 11.5 Å². The van der Waals surface area contributed by atoms with Crippen LogP contribution in [0.3, 0.4) is 0 Å². The van der Waals surface area contributed by atoms with Gasteiger partial charge in [0.2, 0.25) is 0 Å². The highest BCUT2D eigenvalue weighted by atomic mass is 32.2. The molecule has 0 aromatic heterocycles. The van der Waals surface area contributed by atoms with Crippen molar-refractivity contribution in [3.63, 3.8) is 0 Å². The Labute approximate surface area is 213 Å². The van der Waals surface area contributed by atoms with Crippen LogP contribution in [0.4, 0.5) is 5.69 Å². The zero-order valence-corrected chi connectivity index (χ0v) is 21.1. The Morgan fingerprint density at radius 2 is 1.57 bits per heavy atom. The first-order valence-electron chi connectivity index (χ1n) is 10.7. The molecule has 0 atom stereocenters. The first-order valence-corrected chi connectivity index (χ1v) is 12.2. The smallest absolute Gasteiger partial charge is 0.335 e. The van der Waals surface area contributed by atoms with Gasteiger partial charge in [-0.25, -0.2) is 18.6 Å². The number of ether oxygens (including phenoxy) is 3. The fourth-order valence-corrected chi connectivity index (χ4v) is 4.66. The van der Waals surface area contributed by atoms with Crippen LogP contribution in [0.5, 0.6) is 17.2 Å². The predicted octanol–water partition coefficient (Wildman–Crippen LogP) is 2.76. The van der Waals surface area contributed by atoms with Crippen molar-refractivity contribution < 1.29 is 37.3 Å². The van der Waals surface area contributed by atoms with E-state index in [0.717, 1.165) is 4.31 Å². The molecule has 2 N–H and O–H groups in total. The molecule has 3 rings (SSSR count). The van der Waals surface area contributed by atoms with Crippen LogP contribution in [0.1, 0.15) is 15.9 Å². The Bertz CT molecular complexity index is 1390. The van der Waals surface area contributed by atoms with E-state index in [4.69, 9.17) is 19.3 Å². The third-order valence-electron chi connectivity index (χ3n) is 5.15. The predicted molar refractivity (Wildman–Crippen MR) is 136 cm³/mol. The van der Waals surface area contributed by atoms with Crippen LogP contribution in [0.25, 0.3) is 0 Å². The summed E-state index contributed by atoms with van der Waals surface area (Å²) in [6.45, 7) is -0.585. The topological polar surface area (TPSA) is 144 Å². The standard InChI is InChI=1S/C25H25N3O8S/c1-34-20-10-8-19(9-11-20)28(37(32,33)21-12-13-22(35-2)23(14-21)36-3)16-24(29)27-26-15-17-4-6-18(7-5-17)25(30)31/h4-15H,16H2,1-3H3,(H,27,29)(H,30,31)/b26-15-. The number of nitrogens with one attached hydrogen (secondary N) is 1. The van der Waals surface area contributed by atoms with Gasteiger partial charge in [-0.15, -0.1) is 0 Å². The summed E-state index contributed by atoms with van der Waals surface area (Å²) in [7, 11) is 0.0688. The van der Waals surface area contributed by atoms with Gasteiger partial charge in [-0.05, 0) is 54.1 Å². The minimum Gasteiger partial charge on any atom is -0.497 e. The molecule has 194 valence electrons. The van der Waals surface area contributed by atoms with Crippen molar-refractivity contribution in [1.82, 2.24) is 5.43 Å². The first kappa shape index (κ1) is 27.0. The van der Waals surface area contributed by atoms with Crippen molar-refractivity contribution in [2.75, 3.05) is 32.2 Å². The summed E-state index contributed by atoms with van der Waals surface area (Å²) in [6, 6.07) is 16.1. The molecular weight excluding hydrogens is 502 g/mol. The van der Waals surface area contributed by atoms with Crippen molar-refractivity contribution in [3.8, 4) is 17.2 Å². The van der Waals surface area contributed by atoms with Gasteiger partial charge in [0.05, 0.1) is 43.7 Å². The van der Waals surface area contributed by atoms with Gasteiger partial charge in [0.25, 0.3) is 15.9 Å². The summed E-state index contributed by atoms with van der Waals surface area (Å²) < 4.78 is 43.7. The van der Waals surface area contributed by atoms with E-state index in [0.29, 0.717) is 17.1 Å². The van der Waals surface area contributed by atoms with E-state index in [1.165, 1.54) is 82.1 Å².